The topological polar surface area (TPSA) is 49.4 Å². The zero-order chi connectivity index (χ0) is 20.8. The molecule has 2 aromatic carbocycles. The number of nitrogens with zero attached hydrogens (tertiary/aromatic N) is 1. The molecule has 6 heteroatoms. The second kappa shape index (κ2) is 6.09. The predicted molar refractivity (Wildman–Crippen MR) is 124 cm³/mol. The highest BCUT2D eigenvalue weighted by Crippen LogP contribution is 2.70. The molecule has 0 bridgehead atoms. The summed E-state index contributed by atoms with van der Waals surface area (Å²) in [6.07, 6.45) is 0.601. The van der Waals surface area contributed by atoms with Gasteiger partial charge in [-0.3, -0.25) is 14.5 Å². The third kappa shape index (κ3) is 1.94. The highest BCUT2D eigenvalue weighted by molar-refractivity contribution is 7.99. The molecule has 4 atom stereocenters. The van der Waals surface area contributed by atoms with Gasteiger partial charge in [-0.05, 0) is 29.5 Å². The molecule has 1 amide bonds. The molecular weight excluding hydrogens is 424 g/mol. The molecule has 31 heavy (non-hydrogen) atoms. The lowest BCUT2D eigenvalue weighted by Gasteiger charge is -2.44. The molecule has 7 rings (SSSR count). The molecule has 2 spiro atoms. The van der Waals surface area contributed by atoms with E-state index >= 15 is 0 Å². The zero-order valence-corrected chi connectivity index (χ0v) is 18.3. The summed E-state index contributed by atoms with van der Waals surface area (Å²) >= 11 is 3.59. The highest BCUT2D eigenvalue weighted by Gasteiger charge is 2.79. The normalized spacial score (nSPS) is 33.2. The Labute approximate surface area is 188 Å². The number of thioether (sulfide) groups is 1. The number of hydrogen-bond donors (Lipinski definition) is 1. The van der Waals surface area contributed by atoms with Crippen LogP contribution in [0, 0.1) is 5.41 Å². The average Bonchev–Trinajstić information content (AvgIpc) is 3.57. The number of ketones is 1. The number of rotatable bonds is 1. The third-order valence-electron chi connectivity index (χ3n) is 7.79. The number of para-hydroxylation sites is 1. The number of benzene rings is 2. The van der Waals surface area contributed by atoms with Crippen LogP contribution in [0.15, 0.2) is 66.0 Å². The Morgan fingerprint density at radius 3 is 2.68 bits per heavy atom. The van der Waals surface area contributed by atoms with Crippen molar-refractivity contribution in [2.24, 2.45) is 5.41 Å². The number of amides is 1. The van der Waals surface area contributed by atoms with Crippen LogP contribution in [-0.2, 0) is 16.8 Å². The lowest BCUT2D eigenvalue weighted by atomic mass is 9.59. The van der Waals surface area contributed by atoms with Crippen LogP contribution in [0.1, 0.15) is 32.3 Å². The third-order valence-corrected chi connectivity index (χ3v) is 9.78. The van der Waals surface area contributed by atoms with Gasteiger partial charge in [0.05, 0.1) is 5.41 Å². The van der Waals surface area contributed by atoms with E-state index in [0.29, 0.717) is 6.42 Å². The molecule has 4 nitrogen and oxygen atoms in total. The molecule has 2 fully saturated rings. The summed E-state index contributed by atoms with van der Waals surface area (Å²) in [7, 11) is 0. The Bertz CT molecular complexity index is 1260. The van der Waals surface area contributed by atoms with E-state index < -0.39 is 11.0 Å². The first-order valence-electron chi connectivity index (χ1n) is 10.6. The summed E-state index contributed by atoms with van der Waals surface area (Å²) in [6.45, 7) is 0. The molecule has 0 saturated carbocycles. The van der Waals surface area contributed by atoms with Crippen molar-refractivity contribution in [3.05, 3.63) is 87.6 Å². The molecule has 0 radical (unpaired) electrons. The first-order valence-corrected chi connectivity index (χ1v) is 12.6. The van der Waals surface area contributed by atoms with Crippen molar-refractivity contribution in [2.45, 2.75) is 23.9 Å². The van der Waals surface area contributed by atoms with E-state index in [4.69, 9.17) is 0 Å². The van der Waals surface area contributed by atoms with E-state index in [2.05, 4.69) is 39.9 Å². The fourth-order valence-electron chi connectivity index (χ4n) is 6.82. The largest absolute Gasteiger partial charge is 0.324 e. The molecule has 4 aliphatic rings. The fourth-order valence-corrected chi connectivity index (χ4v) is 9.10. The number of nitrogens with one attached hydrogen (secondary N) is 1. The van der Waals surface area contributed by atoms with Crippen molar-refractivity contribution < 1.29 is 9.59 Å². The Morgan fingerprint density at radius 1 is 1.00 bits per heavy atom. The smallest absolute Gasteiger partial charge is 0.250 e. The van der Waals surface area contributed by atoms with E-state index in [0.717, 1.165) is 34.0 Å². The van der Waals surface area contributed by atoms with Crippen molar-refractivity contribution in [3.63, 3.8) is 0 Å². The van der Waals surface area contributed by atoms with E-state index in [9.17, 15) is 9.59 Å². The first kappa shape index (κ1) is 18.2. The van der Waals surface area contributed by atoms with Gasteiger partial charge in [0.15, 0.2) is 5.78 Å². The van der Waals surface area contributed by atoms with Crippen LogP contribution >= 0.6 is 23.1 Å². The summed E-state index contributed by atoms with van der Waals surface area (Å²) in [6, 6.07) is 20.3. The Balaban J connectivity index is 1.60. The molecule has 1 aromatic heterocycles. The van der Waals surface area contributed by atoms with Gasteiger partial charge in [-0.2, -0.15) is 0 Å². The van der Waals surface area contributed by atoms with Gasteiger partial charge in [-0.25, -0.2) is 0 Å². The van der Waals surface area contributed by atoms with Crippen LogP contribution in [-0.4, -0.2) is 34.3 Å². The zero-order valence-electron chi connectivity index (χ0n) is 16.7. The Hall–Kier alpha value is -2.41. The summed E-state index contributed by atoms with van der Waals surface area (Å²) in [5, 5.41) is 5.26. The minimum absolute atomic E-state index is 0.0145. The second-order valence-electron chi connectivity index (χ2n) is 8.87. The molecule has 4 heterocycles. The van der Waals surface area contributed by atoms with Gasteiger partial charge in [-0.15, -0.1) is 23.1 Å². The maximum atomic E-state index is 14.5. The van der Waals surface area contributed by atoms with Crippen molar-refractivity contribution >= 4 is 40.5 Å². The molecule has 0 unspecified atom stereocenters. The number of thiophene rings is 1. The lowest BCUT2D eigenvalue weighted by Crippen LogP contribution is -2.58. The van der Waals surface area contributed by atoms with Gasteiger partial charge in [0, 0.05) is 45.3 Å². The highest BCUT2D eigenvalue weighted by atomic mass is 32.2. The number of carbonyl (C=O) groups excluding carboxylic acids is 2. The van der Waals surface area contributed by atoms with Crippen LogP contribution in [0.25, 0.3) is 0 Å². The quantitative estimate of drug-likeness (QED) is 0.601. The number of fused-ring (bicyclic) bond motifs is 6. The Kier molecular flexibility index (Phi) is 3.57. The standard InChI is InChI=1S/C25H20N2O2S2/c28-22-16-7-2-1-6-15(16)12-24(22)21(20-10-5-11-31-20)19-13-30-14-27(19)25(24)17-8-3-4-9-18(17)26-23(25)29/h1-11,19,21H,12-14H2,(H,26,29)/t19-,21+,24-,25-/m0/s1. The lowest BCUT2D eigenvalue weighted by molar-refractivity contribution is -0.130. The molecule has 154 valence electrons. The molecule has 3 aromatic rings. The summed E-state index contributed by atoms with van der Waals surface area (Å²) in [4.78, 5) is 32.1. The van der Waals surface area contributed by atoms with Crippen LogP contribution in [0.4, 0.5) is 5.69 Å². The molecular formula is C25H20N2O2S2. The van der Waals surface area contributed by atoms with E-state index in [1.54, 1.807) is 11.3 Å². The van der Waals surface area contributed by atoms with Crippen LogP contribution in [0.2, 0.25) is 0 Å². The van der Waals surface area contributed by atoms with Crippen LogP contribution in [0.3, 0.4) is 0 Å². The van der Waals surface area contributed by atoms with Gasteiger partial charge in [0.1, 0.15) is 5.54 Å². The minimum Gasteiger partial charge on any atom is -0.324 e. The summed E-state index contributed by atoms with van der Waals surface area (Å²) in [5.41, 5.74) is 1.84. The van der Waals surface area contributed by atoms with Gasteiger partial charge < -0.3 is 5.32 Å². The van der Waals surface area contributed by atoms with E-state index in [1.165, 1.54) is 4.88 Å². The number of hydrogen-bond acceptors (Lipinski definition) is 5. The number of anilines is 1. The maximum absolute atomic E-state index is 14.5. The van der Waals surface area contributed by atoms with Crippen LogP contribution < -0.4 is 5.32 Å². The van der Waals surface area contributed by atoms with E-state index in [-0.39, 0.29) is 23.7 Å². The van der Waals surface area contributed by atoms with Crippen molar-refractivity contribution in [1.29, 1.82) is 0 Å². The number of carbonyl (C=O) groups is 2. The fraction of sp³-hybridized carbons (Fsp3) is 0.280. The predicted octanol–water partition coefficient (Wildman–Crippen LogP) is 4.49. The summed E-state index contributed by atoms with van der Waals surface area (Å²) < 4.78 is 0. The SMILES string of the molecule is O=C1Nc2ccccc2[C@]12N1CSC[C@H]1[C@H](c1cccs1)[C@]21Cc2ccccc2C1=O. The van der Waals surface area contributed by atoms with Crippen molar-refractivity contribution in [3.8, 4) is 0 Å². The maximum Gasteiger partial charge on any atom is 0.250 e. The Morgan fingerprint density at radius 2 is 1.84 bits per heavy atom. The average molecular weight is 445 g/mol. The van der Waals surface area contributed by atoms with Gasteiger partial charge in [0.2, 0.25) is 0 Å². The molecule has 3 aliphatic heterocycles. The summed E-state index contributed by atoms with van der Waals surface area (Å²) in [5.74, 6) is 1.78. The molecule has 2 saturated heterocycles. The van der Waals surface area contributed by atoms with Crippen LogP contribution in [0.5, 0.6) is 0 Å². The van der Waals surface area contributed by atoms with E-state index in [1.807, 2.05) is 48.2 Å². The molecule has 1 N–H and O–H groups in total. The molecule has 1 aliphatic carbocycles. The number of Topliss-reactive ketones (excluding diaryl/α,β-unsaturated/α-hetero) is 1. The first-order chi connectivity index (χ1) is 15.2. The van der Waals surface area contributed by atoms with Gasteiger partial charge >= 0.3 is 0 Å². The monoisotopic (exact) mass is 444 g/mol. The van der Waals surface area contributed by atoms with Gasteiger partial charge in [-0.1, -0.05) is 48.5 Å². The minimum atomic E-state index is -0.984. The van der Waals surface area contributed by atoms with Crippen molar-refractivity contribution in [1.82, 2.24) is 4.90 Å². The van der Waals surface area contributed by atoms with Gasteiger partial charge in [0.25, 0.3) is 5.91 Å². The second-order valence-corrected chi connectivity index (χ2v) is 10.9. The van der Waals surface area contributed by atoms with Crippen molar-refractivity contribution in [2.75, 3.05) is 16.9 Å².